The summed E-state index contributed by atoms with van der Waals surface area (Å²) < 4.78 is 6.35. The van der Waals surface area contributed by atoms with Crippen molar-refractivity contribution in [3.8, 4) is 6.01 Å². The van der Waals surface area contributed by atoms with E-state index >= 15 is 0 Å². The van der Waals surface area contributed by atoms with Gasteiger partial charge in [-0.25, -0.2) is 4.98 Å². The van der Waals surface area contributed by atoms with Crippen LogP contribution in [0.15, 0.2) is 33.0 Å². The van der Waals surface area contributed by atoms with E-state index in [1.54, 1.807) is 13.2 Å². The van der Waals surface area contributed by atoms with Crippen LogP contribution in [0, 0.1) is 0 Å². The summed E-state index contributed by atoms with van der Waals surface area (Å²) in [5.74, 6) is 0.473. The molecule has 2 rings (SSSR count). The molecule has 0 aromatic carbocycles. The van der Waals surface area contributed by atoms with Crippen LogP contribution in [0.2, 0.25) is 0 Å². The van der Waals surface area contributed by atoms with Crippen LogP contribution < -0.4 is 10.1 Å². The van der Waals surface area contributed by atoms with Gasteiger partial charge in [-0.3, -0.25) is 0 Å². The minimum Gasteiger partial charge on any atom is -0.463 e. The second-order valence-corrected chi connectivity index (χ2v) is 5.53. The van der Waals surface area contributed by atoms with Gasteiger partial charge in [0.1, 0.15) is 5.03 Å². The molecule has 0 spiro atoms. The molecule has 0 radical (unpaired) electrons. The lowest BCUT2D eigenvalue weighted by Crippen LogP contribution is -2.05. The molecule has 2 heterocycles. The van der Waals surface area contributed by atoms with Crippen LogP contribution in [0.3, 0.4) is 0 Å². The number of hydrogen-bond acceptors (Lipinski definition) is 7. The minimum atomic E-state index is 0.320. The van der Waals surface area contributed by atoms with Gasteiger partial charge in [-0.1, -0.05) is 6.92 Å². The van der Waals surface area contributed by atoms with Gasteiger partial charge in [-0.15, -0.1) is 0 Å². The number of ether oxygens (including phenoxy) is 1. The lowest BCUT2D eigenvalue weighted by atomic mass is 10.5. The minimum absolute atomic E-state index is 0.320. The zero-order chi connectivity index (χ0) is 14.4. The number of rotatable bonds is 6. The summed E-state index contributed by atoms with van der Waals surface area (Å²) in [4.78, 5) is 17.0. The number of aromatic nitrogens is 4. The largest absolute Gasteiger partial charge is 0.463 e. The van der Waals surface area contributed by atoms with Crippen LogP contribution >= 0.6 is 27.7 Å². The molecule has 0 aliphatic carbocycles. The molecule has 1 N–H and O–H groups in total. The van der Waals surface area contributed by atoms with E-state index in [4.69, 9.17) is 4.74 Å². The van der Waals surface area contributed by atoms with Gasteiger partial charge in [0, 0.05) is 13.2 Å². The first-order valence-electron chi connectivity index (χ1n) is 6.08. The predicted molar refractivity (Wildman–Crippen MR) is 81.2 cm³/mol. The topological polar surface area (TPSA) is 72.8 Å². The molecule has 106 valence electrons. The number of pyridine rings is 1. The molecule has 0 atom stereocenters. The summed E-state index contributed by atoms with van der Waals surface area (Å²) in [6, 6.07) is 4.10. The highest BCUT2D eigenvalue weighted by Crippen LogP contribution is 2.30. The van der Waals surface area contributed by atoms with E-state index in [0.717, 1.165) is 15.9 Å². The first-order chi connectivity index (χ1) is 9.72. The summed E-state index contributed by atoms with van der Waals surface area (Å²) in [7, 11) is 1.75. The summed E-state index contributed by atoms with van der Waals surface area (Å²) in [5.41, 5.74) is 0. The van der Waals surface area contributed by atoms with Gasteiger partial charge < -0.3 is 10.1 Å². The standard InChI is InChI=1S/C12H14BrN5OS/c1-3-7-19-11-16-10(14-2)17-12(18-11)20-9-8(13)5-4-6-15-9/h4-6H,3,7H2,1-2H3,(H,14,16,17,18). The highest BCUT2D eigenvalue weighted by atomic mass is 79.9. The van der Waals surface area contributed by atoms with Crippen LogP contribution in [0.4, 0.5) is 5.95 Å². The Morgan fingerprint density at radius 2 is 2.20 bits per heavy atom. The van der Waals surface area contributed by atoms with E-state index < -0.39 is 0 Å². The number of halogens is 1. The Morgan fingerprint density at radius 1 is 1.35 bits per heavy atom. The molecule has 0 unspecified atom stereocenters. The molecule has 0 aliphatic rings. The van der Waals surface area contributed by atoms with Crippen molar-refractivity contribution in [2.75, 3.05) is 19.0 Å². The van der Waals surface area contributed by atoms with Crippen molar-refractivity contribution >= 4 is 33.6 Å². The fraction of sp³-hybridized carbons (Fsp3) is 0.333. The van der Waals surface area contributed by atoms with Crippen LogP contribution in [0.25, 0.3) is 0 Å². The summed E-state index contributed by atoms with van der Waals surface area (Å²) in [5, 5.41) is 4.23. The monoisotopic (exact) mass is 355 g/mol. The van der Waals surface area contributed by atoms with Gasteiger partial charge in [0.25, 0.3) is 0 Å². The number of nitrogens with one attached hydrogen (secondary N) is 1. The Labute approximate surface area is 129 Å². The van der Waals surface area contributed by atoms with Crippen molar-refractivity contribution in [2.45, 2.75) is 23.5 Å². The van der Waals surface area contributed by atoms with E-state index in [9.17, 15) is 0 Å². The molecule has 2 aromatic heterocycles. The molecule has 0 saturated heterocycles. The van der Waals surface area contributed by atoms with E-state index in [1.165, 1.54) is 11.8 Å². The molecule has 0 aliphatic heterocycles. The molecule has 20 heavy (non-hydrogen) atoms. The molecule has 2 aromatic rings. The first kappa shape index (κ1) is 15.0. The molecule has 0 saturated carbocycles. The normalized spacial score (nSPS) is 10.3. The quantitative estimate of drug-likeness (QED) is 0.853. The maximum absolute atomic E-state index is 5.46. The Morgan fingerprint density at radius 3 is 2.90 bits per heavy atom. The average Bonchev–Trinajstić information content (AvgIpc) is 2.47. The smallest absolute Gasteiger partial charge is 0.322 e. The third-order valence-corrected chi connectivity index (χ3v) is 3.95. The Bertz CT molecular complexity index is 584. The van der Waals surface area contributed by atoms with Gasteiger partial charge >= 0.3 is 6.01 Å². The lowest BCUT2D eigenvalue weighted by Gasteiger charge is -2.07. The summed E-state index contributed by atoms with van der Waals surface area (Å²) in [6.07, 6.45) is 2.62. The Hall–Kier alpha value is -1.41. The van der Waals surface area contributed by atoms with Gasteiger partial charge in [-0.2, -0.15) is 15.0 Å². The zero-order valence-corrected chi connectivity index (χ0v) is 13.5. The van der Waals surface area contributed by atoms with Crippen molar-refractivity contribution in [3.63, 3.8) is 0 Å². The molecular formula is C12H14BrN5OS. The highest BCUT2D eigenvalue weighted by Gasteiger charge is 2.10. The van der Waals surface area contributed by atoms with Gasteiger partial charge in [0.2, 0.25) is 11.1 Å². The van der Waals surface area contributed by atoms with Crippen molar-refractivity contribution in [2.24, 2.45) is 0 Å². The molecule has 0 amide bonds. The van der Waals surface area contributed by atoms with Crippen molar-refractivity contribution < 1.29 is 4.74 Å². The van der Waals surface area contributed by atoms with E-state index in [-0.39, 0.29) is 0 Å². The fourth-order valence-corrected chi connectivity index (χ4v) is 2.49. The summed E-state index contributed by atoms with van der Waals surface area (Å²) >= 11 is 4.80. The van der Waals surface area contributed by atoms with Crippen LogP contribution in [-0.4, -0.2) is 33.6 Å². The van der Waals surface area contributed by atoms with Gasteiger partial charge in [0.05, 0.1) is 11.1 Å². The molecule has 0 fully saturated rings. The molecule has 0 bridgehead atoms. The predicted octanol–water partition coefficient (Wildman–Crippen LogP) is 3.01. The fourth-order valence-electron chi connectivity index (χ4n) is 1.29. The third-order valence-electron chi connectivity index (χ3n) is 2.17. The van der Waals surface area contributed by atoms with Crippen molar-refractivity contribution in [3.05, 3.63) is 22.8 Å². The Balaban J connectivity index is 2.24. The molecular weight excluding hydrogens is 342 g/mol. The molecule has 6 nitrogen and oxygen atoms in total. The average molecular weight is 356 g/mol. The lowest BCUT2D eigenvalue weighted by molar-refractivity contribution is 0.288. The van der Waals surface area contributed by atoms with Crippen LogP contribution in [0.1, 0.15) is 13.3 Å². The third kappa shape index (κ3) is 4.04. The van der Waals surface area contributed by atoms with E-state index in [2.05, 4.69) is 41.2 Å². The van der Waals surface area contributed by atoms with E-state index in [0.29, 0.717) is 23.7 Å². The van der Waals surface area contributed by atoms with E-state index in [1.807, 2.05) is 19.1 Å². The maximum Gasteiger partial charge on any atom is 0.322 e. The first-order valence-corrected chi connectivity index (χ1v) is 7.69. The Kier molecular flexibility index (Phi) is 5.54. The summed E-state index contributed by atoms with van der Waals surface area (Å²) in [6.45, 7) is 2.60. The van der Waals surface area contributed by atoms with Crippen LogP contribution in [-0.2, 0) is 0 Å². The van der Waals surface area contributed by atoms with Crippen molar-refractivity contribution in [1.29, 1.82) is 0 Å². The number of anilines is 1. The number of nitrogens with zero attached hydrogens (tertiary/aromatic N) is 4. The second kappa shape index (κ2) is 7.39. The maximum atomic E-state index is 5.46. The number of hydrogen-bond donors (Lipinski definition) is 1. The second-order valence-electron chi connectivity index (χ2n) is 3.72. The van der Waals surface area contributed by atoms with Crippen LogP contribution in [0.5, 0.6) is 6.01 Å². The molecule has 8 heteroatoms. The SMILES string of the molecule is CCCOc1nc(NC)nc(Sc2ncccc2Br)n1. The highest BCUT2D eigenvalue weighted by molar-refractivity contribution is 9.10. The van der Waals surface area contributed by atoms with Crippen molar-refractivity contribution in [1.82, 2.24) is 19.9 Å². The zero-order valence-electron chi connectivity index (χ0n) is 11.1. The van der Waals surface area contributed by atoms with Gasteiger partial charge in [0.15, 0.2) is 0 Å². The van der Waals surface area contributed by atoms with Gasteiger partial charge in [-0.05, 0) is 46.2 Å².